The van der Waals surface area contributed by atoms with Crippen LogP contribution >= 0.6 is 0 Å². The second kappa shape index (κ2) is 3.47. The molecule has 1 aromatic carbocycles. The zero-order chi connectivity index (χ0) is 11.1. The maximum absolute atomic E-state index is 12.5. The van der Waals surface area contributed by atoms with Crippen molar-refractivity contribution in [3.05, 3.63) is 23.8 Å². The first-order valence-corrected chi connectivity index (χ1v) is 5.02. The molecule has 5 heteroatoms. The normalized spacial score (nSPS) is 17.5. The number of benzene rings is 1. The van der Waals surface area contributed by atoms with E-state index in [9.17, 15) is 18.1 Å². The van der Waals surface area contributed by atoms with Gasteiger partial charge in [0.15, 0.2) is 0 Å². The molecular formula is C10H11BF3O-. The maximum Gasteiger partial charge on any atom is 0.513 e. The number of phenolic OH excluding ortho intramolecular Hbond substituents is 1. The van der Waals surface area contributed by atoms with Gasteiger partial charge in [0.1, 0.15) is 0 Å². The summed E-state index contributed by atoms with van der Waals surface area (Å²) in [5.41, 5.74) is -0.405. The molecule has 0 saturated heterocycles. The topological polar surface area (TPSA) is 20.2 Å². The first kappa shape index (κ1) is 10.4. The average Bonchev–Trinajstić information content (AvgIpc) is 2.03. The van der Waals surface area contributed by atoms with E-state index in [1.54, 1.807) is 6.07 Å². The Hall–Kier alpha value is -1.13. The van der Waals surface area contributed by atoms with E-state index < -0.39 is 18.2 Å². The van der Waals surface area contributed by atoms with E-state index in [2.05, 4.69) is 0 Å². The first-order chi connectivity index (χ1) is 7.00. The third kappa shape index (κ3) is 1.83. The van der Waals surface area contributed by atoms with Crippen molar-refractivity contribution in [2.75, 3.05) is 0 Å². The molecule has 1 N–H and O–H groups in total. The minimum atomic E-state index is -5.11. The van der Waals surface area contributed by atoms with Crippen LogP contribution in [0.15, 0.2) is 18.2 Å². The summed E-state index contributed by atoms with van der Waals surface area (Å²) in [5.74, 6) is -0.446. The van der Waals surface area contributed by atoms with Crippen LogP contribution in [0.2, 0.25) is 0 Å². The fourth-order valence-corrected chi connectivity index (χ4v) is 1.89. The van der Waals surface area contributed by atoms with Gasteiger partial charge in [0, 0.05) is 0 Å². The minimum absolute atomic E-state index is 0.114. The Morgan fingerprint density at radius 2 is 1.87 bits per heavy atom. The fourth-order valence-electron chi connectivity index (χ4n) is 1.89. The average molecular weight is 215 g/mol. The third-order valence-electron chi connectivity index (χ3n) is 3.00. The maximum atomic E-state index is 12.5. The van der Waals surface area contributed by atoms with Gasteiger partial charge in [0.25, 0.3) is 0 Å². The van der Waals surface area contributed by atoms with Crippen LogP contribution in [0.25, 0.3) is 0 Å². The van der Waals surface area contributed by atoms with Crippen LogP contribution in [-0.2, 0) is 0 Å². The second-order valence-electron chi connectivity index (χ2n) is 3.99. The summed E-state index contributed by atoms with van der Waals surface area (Å²) in [6, 6.07) is 3.90. The molecule has 0 radical (unpaired) electrons. The number of hydrogen-bond donors (Lipinski definition) is 1. The Bertz CT molecular complexity index is 371. The van der Waals surface area contributed by atoms with Crippen LogP contribution in [-0.4, -0.2) is 12.1 Å². The van der Waals surface area contributed by atoms with Crippen molar-refractivity contribution in [1.82, 2.24) is 0 Å². The summed E-state index contributed by atoms with van der Waals surface area (Å²) in [7, 11) is 0. The van der Waals surface area contributed by atoms with Crippen molar-refractivity contribution in [3.8, 4) is 5.75 Å². The highest BCUT2D eigenvalue weighted by atomic mass is 19.4. The number of phenols is 1. The van der Waals surface area contributed by atoms with Crippen molar-refractivity contribution >= 4 is 12.4 Å². The van der Waals surface area contributed by atoms with Gasteiger partial charge in [-0.3, -0.25) is 0 Å². The van der Waals surface area contributed by atoms with Gasteiger partial charge in [-0.25, -0.2) is 0 Å². The van der Waals surface area contributed by atoms with Gasteiger partial charge in [0.2, 0.25) is 0 Å². The van der Waals surface area contributed by atoms with E-state index in [0.29, 0.717) is 5.56 Å². The van der Waals surface area contributed by atoms with Gasteiger partial charge in [-0.1, -0.05) is 30.1 Å². The smallest absolute Gasteiger partial charge is 0.511 e. The number of aromatic hydroxyl groups is 1. The number of para-hydroxylation sites is 1. The Morgan fingerprint density at radius 1 is 1.20 bits per heavy atom. The molecule has 1 aliphatic carbocycles. The summed E-state index contributed by atoms with van der Waals surface area (Å²) >= 11 is 0. The molecule has 0 aliphatic heterocycles. The van der Waals surface area contributed by atoms with Gasteiger partial charge in [-0.2, -0.15) is 0 Å². The number of hydrogen-bond acceptors (Lipinski definition) is 1. The van der Waals surface area contributed by atoms with Crippen molar-refractivity contribution in [2.45, 2.75) is 25.2 Å². The van der Waals surface area contributed by atoms with Gasteiger partial charge in [-0.15, -0.1) is 0 Å². The molecule has 0 aromatic heterocycles. The third-order valence-corrected chi connectivity index (χ3v) is 3.00. The lowest BCUT2D eigenvalue weighted by Crippen LogP contribution is -2.34. The molecule has 0 atom stereocenters. The second-order valence-corrected chi connectivity index (χ2v) is 3.99. The van der Waals surface area contributed by atoms with Crippen molar-refractivity contribution in [3.63, 3.8) is 0 Å². The predicted molar refractivity (Wildman–Crippen MR) is 53.4 cm³/mol. The van der Waals surface area contributed by atoms with E-state index >= 15 is 0 Å². The molecule has 1 fully saturated rings. The molecule has 1 aromatic rings. The first-order valence-electron chi connectivity index (χ1n) is 5.02. The zero-order valence-corrected chi connectivity index (χ0v) is 8.09. The molecule has 2 rings (SSSR count). The zero-order valence-electron chi connectivity index (χ0n) is 8.09. The quantitative estimate of drug-likeness (QED) is 0.752. The van der Waals surface area contributed by atoms with E-state index in [1.807, 2.05) is 0 Å². The summed E-state index contributed by atoms with van der Waals surface area (Å²) in [4.78, 5) is 0. The lowest BCUT2D eigenvalue weighted by atomic mass is 9.73. The van der Waals surface area contributed by atoms with E-state index in [1.165, 1.54) is 6.07 Å². The lowest BCUT2D eigenvalue weighted by molar-refractivity contribution is 0.392. The highest BCUT2D eigenvalue weighted by molar-refractivity contribution is 6.74. The highest BCUT2D eigenvalue weighted by Gasteiger charge is 2.31. The minimum Gasteiger partial charge on any atom is -0.511 e. The van der Waals surface area contributed by atoms with Crippen LogP contribution in [0, 0.1) is 0 Å². The van der Waals surface area contributed by atoms with Crippen LogP contribution in [0.4, 0.5) is 12.9 Å². The summed E-state index contributed by atoms with van der Waals surface area (Å²) in [5, 5.41) is 9.56. The number of halogens is 3. The van der Waals surface area contributed by atoms with E-state index in [-0.39, 0.29) is 5.92 Å². The summed E-state index contributed by atoms with van der Waals surface area (Å²) in [6.45, 7) is -5.11. The molecule has 1 nitrogen and oxygen atoms in total. The SMILES string of the molecule is Oc1c(C2CCC2)cccc1[B-](F)(F)F. The van der Waals surface area contributed by atoms with Gasteiger partial charge >= 0.3 is 6.98 Å². The largest absolute Gasteiger partial charge is 0.513 e. The number of rotatable bonds is 2. The van der Waals surface area contributed by atoms with Crippen LogP contribution in [0.1, 0.15) is 30.7 Å². The van der Waals surface area contributed by atoms with Crippen molar-refractivity contribution in [2.24, 2.45) is 0 Å². The van der Waals surface area contributed by atoms with Crippen LogP contribution < -0.4 is 5.46 Å². The van der Waals surface area contributed by atoms with Crippen LogP contribution in [0.5, 0.6) is 5.75 Å². The molecule has 1 saturated carbocycles. The van der Waals surface area contributed by atoms with Gasteiger partial charge in [0.05, 0.1) is 5.75 Å². The summed E-state index contributed by atoms with van der Waals surface area (Å²) in [6.07, 6.45) is 2.79. The Kier molecular flexibility index (Phi) is 2.40. The fraction of sp³-hybridized carbons (Fsp3) is 0.400. The van der Waals surface area contributed by atoms with E-state index in [4.69, 9.17) is 0 Å². The Balaban J connectivity index is 2.41. The molecule has 0 amide bonds. The monoisotopic (exact) mass is 215 g/mol. The molecule has 15 heavy (non-hydrogen) atoms. The highest BCUT2D eigenvalue weighted by Crippen LogP contribution is 2.40. The molecular weight excluding hydrogens is 204 g/mol. The van der Waals surface area contributed by atoms with Gasteiger partial charge < -0.3 is 18.1 Å². The Morgan fingerprint density at radius 3 is 2.33 bits per heavy atom. The molecule has 0 bridgehead atoms. The van der Waals surface area contributed by atoms with Crippen molar-refractivity contribution in [1.29, 1.82) is 0 Å². The molecule has 0 unspecified atom stereocenters. The van der Waals surface area contributed by atoms with Gasteiger partial charge in [-0.05, 0) is 24.3 Å². The molecule has 0 spiro atoms. The van der Waals surface area contributed by atoms with Crippen LogP contribution in [0.3, 0.4) is 0 Å². The summed E-state index contributed by atoms with van der Waals surface area (Å²) < 4.78 is 37.5. The molecule has 1 aliphatic rings. The molecule has 82 valence electrons. The van der Waals surface area contributed by atoms with Crippen molar-refractivity contribution < 1.29 is 18.1 Å². The van der Waals surface area contributed by atoms with E-state index in [0.717, 1.165) is 25.3 Å². The molecule has 0 heterocycles. The predicted octanol–water partition coefficient (Wildman–Crippen LogP) is 2.71. The lowest BCUT2D eigenvalue weighted by Gasteiger charge is -2.28. The standard InChI is InChI=1S/C10H11BF3O/c12-11(13,14)9-6-2-5-8(10(9)15)7-3-1-4-7/h2,5-7,15H,1,3-4H2/q-1. The Labute approximate surface area is 86.0 Å².